The zero-order valence-corrected chi connectivity index (χ0v) is 14.1. The van der Waals surface area contributed by atoms with Crippen molar-refractivity contribution in [1.29, 1.82) is 0 Å². The molecule has 1 aliphatic heterocycles. The number of methoxy groups -OCH3 is 1. The average Bonchev–Trinajstić information content (AvgIpc) is 2.54. The van der Waals surface area contributed by atoms with Gasteiger partial charge in [0.05, 0.1) is 12.9 Å². The number of carbonyl (C=O) groups excluding carboxylic acids is 1. The number of amides is 1. The minimum Gasteiger partial charge on any atom is -0.475 e. The molecule has 1 aromatic heterocycles. The fourth-order valence-corrected chi connectivity index (χ4v) is 3.08. The van der Waals surface area contributed by atoms with Crippen LogP contribution in [0.3, 0.4) is 0 Å². The van der Waals surface area contributed by atoms with Gasteiger partial charge in [-0.3, -0.25) is 4.79 Å². The molecule has 0 radical (unpaired) electrons. The number of rotatable bonds is 6. The highest BCUT2D eigenvalue weighted by molar-refractivity contribution is 7.88. The van der Waals surface area contributed by atoms with Crippen molar-refractivity contribution in [3.8, 4) is 5.88 Å². The van der Waals surface area contributed by atoms with Crippen LogP contribution >= 0.6 is 0 Å². The zero-order valence-electron chi connectivity index (χ0n) is 13.3. The van der Waals surface area contributed by atoms with Gasteiger partial charge in [-0.25, -0.2) is 13.4 Å². The second kappa shape index (κ2) is 7.71. The van der Waals surface area contributed by atoms with Gasteiger partial charge in [-0.1, -0.05) is 0 Å². The SMILES string of the molecule is COCCOc1cc(C(=O)N2CCN(S(C)(=O)=O)CC2)ccn1. The maximum atomic E-state index is 12.5. The predicted molar refractivity (Wildman–Crippen MR) is 83.9 cm³/mol. The summed E-state index contributed by atoms with van der Waals surface area (Å²) >= 11 is 0. The molecule has 0 atom stereocenters. The van der Waals surface area contributed by atoms with Crippen LogP contribution in [0.4, 0.5) is 0 Å². The second-order valence-corrected chi connectivity index (χ2v) is 7.16. The largest absolute Gasteiger partial charge is 0.475 e. The van der Waals surface area contributed by atoms with Crippen molar-refractivity contribution in [2.45, 2.75) is 0 Å². The number of ether oxygens (including phenoxy) is 2. The van der Waals surface area contributed by atoms with Gasteiger partial charge >= 0.3 is 0 Å². The number of pyridine rings is 1. The van der Waals surface area contributed by atoms with E-state index in [-0.39, 0.29) is 5.91 Å². The Morgan fingerprint density at radius 2 is 1.96 bits per heavy atom. The molecule has 0 unspecified atom stereocenters. The van der Waals surface area contributed by atoms with Crippen molar-refractivity contribution in [3.05, 3.63) is 23.9 Å². The monoisotopic (exact) mass is 343 g/mol. The lowest BCUT2D eigenvalue weighted by atomic mass is 10.2. The summed E-state index contributed by atoms with van der Waals surface area (Å²) in [6.07, 6.45) is 2.69. The van der Waals surface area contributed by atoms with Gasteiger partial charge in [0.1, 0.15) is 6.61 Å². The molecule has 1 fully saturated rings. The Labute approximate surface area is 136 Å². The molecule has 9 heteroatoms. The molecule has 2 rings (SSSR count). The Hall–Kier alpha value is -1.71. The highest BCUT2D eigenvalue weighted by Crippen LogP contribution is 2.14. The van der Waals surface area contributed by atoms with Crippen LogP contribution in [-0.2, 0) is 14.8 Å². The minimum atomic E-state index is -3.21. The van der Waals surface area contributed by atoms with Gasteiger partial charge < -0.3 is 14.4 Å². The third-order valence-corrected chi connectivity index (χ3v) is 4.82. The summed E-state index contributed by atoms with van der Waals surface area (Å²) in [5.74, 6) is 0.208. The minimum absolute atomic E-state index is 0.155. The molecule has 0 spiro atoms. The first-order chi connectivity index (χ1) is 10.9. The van der Waals surface area contributed by atoms with Crippen LogP contribution in [0.2, 0.25) is 0 Å². The maximum absolute atomic E-state index is 12.5. The summed E-state index contributed by atoms with van der Waals surface area (Å²) in [5, 5.41) is 0. The summed E-state index contributed by atoms with van der Waals surface area (Å²) in [5.41, 5.74) is 0.472. The average molecular weight is 343 g/mol. The molecule has 1 aromatic rings. The summed E-state index contributed by atoms with van der Waals surface area (Å²) in [6, 6.07) is 3.20. The Morgan fingerprint density at radius 1 is 1.26 bits per heavy atom. The van der Waals surface area contributed by atoms with Crippen molar-refractivity contribution in [2.24, 2.45) is 0 Å². The van der Waals surface area contributed by atoms with Gasteiger partial charge in [-0.15, -0.1) is 0 Å². The molecule has 0 aromatic carbocycles. The molecular formula is C14H21N3O5S. The third kappa shape index (κ3) is 4.88. The Bertz CT molecular complexity index is 642. The fraction of sp³-hybridized carbons (Fsp3) is 0.571. The lowest BCUT2D eigenvalue weighted by Crippen LogP contribution is -2.50. The molecule has 2 heterocycles. The lowest BCUT2D eigenvalue weighted by molar-refractivity contribution is 0.0697. The lowest BCUT2D eigenvalue weighted by Gasteiger charge is -2.33. The van der Waals surface area contributed by atoms with E-state index in [2.05, 4.69) is 4.98 Å². The number of carbonyl (C=O) groups is 1. The van der Waals surface area contributed by atoms with E-state index in [1.54, 1.807) is 24.1 Å². The molecule has 0 saturated carbocycles. The topological polar surface area (TPSA) is 89.0 Å². The van der Waals surface area contributed by atoms with Gasteiger partial charge in [-0.05, 0) is 6.07 Å². The van der Waals surface area contributed by atoms with Crippen LogP contribution in [0.5, 0.6) is 5.88 Å². The summed E-state index contributed by atoms with van der Waals surface area (Å²) < 4.78 is 34.6. The van der Waals surface area contributed by atoms with E-state index in [1.165, 1.54) is 16.8 Å². The Morgan fingerprint density at radius 3 is 2.57 bits per heavy atom. The molecule has 0 aliphatic carbocycles. The quantitative estimate of drug-likeness (QED) is 0.666. The van der Waals surface area contributed by atoms with Crippen LogP contribution in [-0.4, -0.2) is 81.3 Å². The van der Waals surface area contributed by atoms with Crippen molar-refractivity contribution in [2.75, 3.05) is 52.8 Å². The summed E-state index contributed by atoms with van der Waals surface area (Å²) in [6.45, 7) is 2.16. The smallest absolute Gasteiger partial charge is 0.254 e. The molecule has 1 saturated heterocycles. The summed E-state index contributed by atoms with van der Waals surface area (Å²) in [4.78, 5) is 18.2. The number of hydrogen-bond donors (Lipinski definition) is 0. The van der Waals surface area contributed by atoms with E-state index in [0.29, 0.717) is 50.8 Å². The van der Waals surface area contributed by atoms with Crippen molar-refractivity contribution in [1.82, 2.24) is 14.2 Å². The van der Waals surface area contributed by atoms with Gasteiger partial charge in [0.15, 0.2) is 0 Å². The number of hydrogen-bond acceptors (Lipinski definition) is 6. The van der Waals surface area contributed by atoms with Crippen LogP contribution in [0.15, 0.2) is 18.3 Å². The first-order valence-corrected chi connectivity index (χ1v) is 9.09. The highest BCUT2D eigenvalue weighted by atomic mass is 32.2. The first kappa shape index (κ1) is 17.6. The van der Waals surface area contributed by atoms with E-state index in [1.807, 2.05) is 0 Å². The van der Waals surface area contributed by atoms with Crippen molar-refractivity contribution in [3.63, 3.8) is 0 Å². The normalized spacial score (nSPS) is 16.3. The fourth-order valence-electron chi connectivity index (χ4n) is 2.26. The molecular weight excluding hydrogens is 322 g/mol. The Kier molecular flexibility index (Phi) is 5.91. The van der Waals surface area contributed by atoms with Crippen LogP contribution in [0.1, 0.15) is 10.4 Å². The van der Waals surface area contributed by atoms with E-state index in [0.717, 1.165) is 0 Å². The molecule has 1 amide bonds. The van der Waals surface area contributed by atoms with E-state index in [9.17, 15) is 13.2 Å². The van der Waals surface area contributed by atoms with Crippen LogP contribution in [0.25, 0.3) is 0 Å². The van der Waals surface area contributed by atoms with Crippen LogP contribution in [0, 0.1) is 0 Å². The van der Waals surface area contributed by atoms with E-state index < -0.39 is 10.0 Å². The van der Waals surface area contributed by atoms with Crippen molar-refractivity contribution < 1.29 is 22.7 Å². The standard InChI is InChI=1S/C14H21N3O5S/c1-21-9-10-22-13-11-12(3-4-15-13)14(18)16-5-7-17(8-6-16)23(2,19)20/h3-4,11H,5-10H2,1-2H3. The molecule has 0 N–H and O–H groups in total. The molecule has 0 bridgehead atoms. The van der Waals surface area contributed by atoms with Crippen LogP contribution < -0.4 is 4.74 Å². The van der Waals surface area contributed by atoms with E-state index >= 15 is 0 Å². The molecule has 23 heavy (non-hydrogen) atoms. The number of nitrogens with zero attached hydrogens (tertiary/aromatic N) is 3. The van der Waals surface area contributed by atoms with Gasteiger partial charge in [0.25, 0.3) is 5.91 Å². The maximum Gasteiger partial charge on any atom is 0.254 e. The van der Waals surface area contributed by atoms with E-state index in [4.69, 9.17) is 9.47 Å². The number of piperazine rings is 1. The first-order valence-electron chi connectivity index (χ1n) is 7.24. The zero-order chi connectivity index (χ0) is 16.9. The van der Waals surface area contributed by atoms with Crippen molar-refractivity contribution >= 4 is 15.9 Å². The highest BCUT2D eigenvalue weighted by Gasteiger charge is 2.26. The van der Waals surface area contributed by atoms with Gasteiger partial charge in [0.2, 0.25) is 15.9 Å². The number of aromatic nitrogens is 1. The molecule has 128 valence electrons. The Balaban J connectivity index is 1.97. The molecule has 8 nitrogen and oxygen atoms in total. The number of sulfonamides is 1. The van der Waals surface area contributed by atoms with Gasteiger partial charge in [-0.2, -0.15) is 4.31 Å². The summed E-state index contributed by atoms with van der Waals surface area (Å²) in [7, 11) is -1.63. The van der Waals surface area contributed by atoms with Gasteiger partial charge in [0, 0.05) is 51.1 Å². The third-order valence-electron chi connectivity index (χ3n) is 3.51. The predicted octanol–water partition coefficient (Wildman–Crippen LogP) is -0.176. The second-order valence-electron chi connectivity index (χ2n) is 5.18. The molecule has 1 aliphatic rings.